The molecule has 1 aliphatic rings. The summed E-state index contributed by atoms with van der Waals surface area (Å²) in [7, 11) is 1.39. The Hall–Kier alpha value is -1.59. The van der Waals surface area contributed by atoms with Crippen molar-refractivity contribution in [3.63, 3.8) is 0 Å². The van der Waals surface area contributed by atoms with Crippen molar-refractivity contribution in [2.45, 2.75) is 19.3 Å². The van der Waals surface area contributed by atoms with E-state index in [1.807, 2.05) is 29.2 Å². The highest BCUT2D eigenvalue weighted by Gasteiger charge is 2.36. The molecule has 6 heteroatoms. The first-order valence-corrected chi connectivity index (χ1v) is 8.14. The van der Waals surface area contributed by atoms with Gasteiger partial charge in [-0.05, 0) is 43.5 Å². The second-order valence-corrected chi connectivity index (χ2v) is 6.05. The number of halogens is 1. The summed E-state index contributed by atoms with van der Waals surface area (Å²) >= 11 is 5.94. The van der Waals surface area contributed by atoms with Gasteiger partial charge in [-0.25, -0.2) is 0 Å². The zero-order valence-corrected chi connectivity index (χ0v) is 14.2. The molecule has 1 fully saturated rings. The van der Waals surface area contributed by atoms with Gasteiger partial charge < -0.3 is 9.47 Å². The monoisotopic (exact) mass is 339 g/mol. The van der Waals surface area contributed by atoms with Crippen LogP contribution in [0.4, 0.5) is 0 Å². The van der Waals surface area contributed by atoms with Gasteiger partial charge >= 0.3 is 11.9 Å². The van der Waals surface area contributed by atoms with Crippen molar-refractivity contribution < 1.29 is 19.1 Å². The van der Waals surface area contributed by atoms with E-state index < -0.39 is 0 Å². The first-order chi connectivity index (χ1) is 11.0. The molecular weight excluding hydrogens is 318 g/mol. The summed E-state index contributed by atoms with van der Waals surface area (Å²) in [6.07, 6.45) is 0.779. The highest BCUT2D eigenvalue weighted by Crippen LogP contribution is 2.34. The minimum atomic E-state index is -0.302. The Kier molecular flexibility index (Phi) is 6.42. The molecule has 1 aliphatic heterocycles. The third kappa shape index (κ3) is 4.69. The fourth-order valence-electron chi connectivity index (χ4n) is 3.05. The lowest BCUT2D eigenvalue weighted by atomic mass is 9.80. The molecule has 1 aromatic rings. The van der Waals surface area contributed by atoms with Crippen LogP contribution in [0.25, 0.3) is 0 Å². The highest BCUT2D eigenvalue weighted by atomic mass is 35.5. The Morgan fingerprint density at radius 2 is 2.00 bits per heavy atom. The van der Waals surface area contributed by atoms with Crippen LogP contribution in [-0.2, 0) is 19.1 Å². The van der Waals surface area contributed by atoms with Crippen LogP contribution >= 0.6 is 11.6 Å². The maximum atomic E-state index is 12.2. The summed E-state index contributed by atoms with van der Waals surface area (Å²) in [5.74, 6) is -0.748. The average Bonchev–Trinajstić information content (AvgIpc) is 2.55. The molecule has 0 saturated carbocycles. The average molecular weight is 340 g/mol. The van der Waals surface area contributed by atoms with Crippen LogP contribution in [0, 0.1) is 5.92 Å². The number of hydrogen-bond donors (Lipinski definition) is 0. The van der Waals surface area contributed by atoms with Gasteiger partial charge in [0.1, 0.15) is 0 Å². The van der Waals surface area contributed by atoms with Crippen LogP contribution < -0.4 is 0 Å². The molecule has 0 N–H and O–H groups in total. The van der Waals surface area contributed by atoms with Crippen LogP contribution in [0.15, 0.2) is 24.3 Å². The van der Waals surface area contributed by atoms with Crippen LogP contribution in [0.3, 0.4) is 0 Å². The smallest absolute Gasteiger partial charge is 0.320 e. The topological polar surface area (TPSA) is 55.8 Å². The number of ether oxygens (including phenoxy) is 2. The molecule has 1 heterocycles. The van der Waals surface area contributed by atoms with Crippen molar-refractivity contribution in [3.05, 3.63) is 34.9 Å². The number of nitrogens with zero attached hydrogens (tertiary/aromatic N) is 1. The zero-order valence-electron chi connectivity index (χ0n) is 13.5. The Morgan fingerprint density at radius 1 is 1.30 bits per heavy atom. The standard InChI is InChI=1S/C17H22ClNO4/c1-3-23-16(20)11-19-9-8-14(15(10-19)17(21)22-2)12-4-6-13(18)7-5-12/h4-7,14-15H,3,8-11H2,1-2H3/t14-,15-/m1/s1. The third-order valence-corrected chi connectivity index (χ3v) is 4.41. The van der Waals surface area contributed by atoms with Crippen LogP contribution in [0.1, 0.15) is 24.8 Å². The molecule has 0 aromatic heterocycles. The molecule has 0 amide bonds. The van der Waals surface area contributed by atoms with Crippen molar-refractivity contribution in [2.24, 2.45) is 5.92 Å². The summed E-state index contributed by atoms with van der Waals surface area (Å²) in [5.41, 5.74) is 1.07. The molecule has 0 bridgehead atoms. The lowest BCUT2D eigenvalue weighted by Crippen LogP contribution is -2.45. The van der Waals surface area contributed by atoms with Gasteiger partial charge in [-0.2, -0.15) is 0 Å². The van der Waals surface area contributed by atoms with Crippen LogP contribution in [0.2, 0.25) is 5.02 Å². The highest BCUT2D eigenvalue weighted by molar-refractivity contribution is 6.30. The third-order valence-electron chi connectivity index (χ3n) is 4.16. The summed E-state index contributed by atoms with van der Waals surface area (Å²) in [4.78, 5) is 25.8. The molecular formula is C17H22ClNO4. The van der Waals surface area contributed by atoms with Gasteiger partial charge in [0.2, 0.25) is 0 Å². The number of rotatable bonds is 5. The molecule has 126 valence electrons. The predicted octanol–water partition coefficient (Wildman–Crippen LogP) is 2.48. The van der Waals surface area contributed by atoms with E-state index in [2.05, 4.69) is 0 Å². The Balaban J connectivity index is 2.10. The first-order valence-electron chi connectivity index (χ1n) is 7.76. The van der Waals surface area contributed by atoms with Crippen LogP contribution in [0.5, 0.6) is 0 Å². The predicted molar refractivity (Wildman–Crippen MR) is 87.4 cm³/mol. The molecule has 23 heavy (non-hydrogen) atoms. The van der Waals surface area contributed by atoms with Gasteiger partial charge in [-0.3, -0.25) is 14.5 Å². The van der Waals surface area contributed by atoms with E-state index in [-0.39, 0.29) is 30.3 Å². The van der Waals surface area contributed by atoms with Crippen LogP contribution in [-0.4, -0.2) is 50.2 Å². The fraction of sp³-hybridized carbons (Fsp3) is 0.529. The lowest BCUT2D eigenvalue weighted by Gasteiger charge is -2.36. The molecule has 0 unspecified atom stereocenters. The molecule has 0 aliphatic carbocycles. The Bertz CT molecular complexity index is 546. The molecule has 0 spiro atoms. The van der Waals surface area contributed by atoms with E-state index in [1.165, 1.54) is 7.11 Å². The summed E-state index contributed by atoms with van der Waals surface area (Å²) < 4.78 is 9.94. The molecule has 1 saturated heterocycles. The Labute approximate surface area is 141 Å². The second-order valence-electron chi connectivity index (χ2n) is 5.62. The largest absolute Gasteiger partial charge is 0.469 e. The van der Waals surface area contributed by atoms with E-state index >= 15 is 0 Å². The molecule has 2 atom stereocenters. The van der Waals surface area contributed by atoms with Crippen molar-refractivity contribution in [2.75, 3.05) is 33.4 Å². The van der Waals surface area contributed by atoms with E-state index in [0.717, 1.165) is 18.5 Å². The number of carbonyl (C=O) groups excluding carboxylic acids is 2. The summed E-state index contributed by atoms with van der Waals surface area (Å²) in [6.45, 7) is 3.56. The van der Waals surface area contributed by atoms with Gasteiger partial charge in [-0.15, -0.1) is 0 Å². The number of hydrogen-bond acceptors (Lipinski definition) is 5. The van der Waals surface area contributed by atoms with Crippen molar-refractivity contribution in [1.82, 2.24) is 4.90 Å². The van der Waals surface area contributed by atoms with E-state index in [1.54, 1.807) is 6.92 Å². The number of benzene rings is 1. The quantitative estimate of drug-likeness (QED) is 0.771. The van der Waals surface area contributed by atoms with Crippen molar-refractivity contribution >= 4 is 23.5 Å². The van der Waals surface area contributed by atoms with Gasteiger partial charge in [0.25, 0.3) is 0 Å². The van der Waals surface area contributed by atoms with Crippen molar-refractivity contribution in [3.8, 4) is 0 Å². The SMILES string of the molecule is CCOC(=O)CN1CC[C@H](c2ccc(Cl)cc2)[C@H](C(=O)OC)C1. The van der Waals surface area contributed by atoms with Gasteiger partial charge in [-0.1, -0.05) is 23.7 Å². The first kappa shape index (κ1) is 17.8. The minimum Gasteiger partial charge on any atom is -0.469 e. The molecule has 2 rings (SSSR count). The van der Waals surface area contributed by atoms with Gasteiger partial charge in [0.15, 0.2) is 0 Å². The molecule has 1 aromatic carbocycles. The summed E-state index contributed by atoms with van der Waals surface area (Å²) in [6, 6.07) is 7.56. The van der Waals surface area contributed by atoms with Gasteiger partial charge in [0, 0.05) is 11.6 Å². The number of piperidine rings is 1. The van der Waals surface area contributed by atoms with E-state index in [9.17, 15) is 9.59 Å². The zero-order chi connectivity index (χ0) is 16.8. The fourth-order valence-corrected chi connectivity index (χ4v) is 3.18. The number of carbonyl (C=O) groups is 2. The normalized spacial score (nSPS) is 21.7. The maximum Gasteiger partial charge on any atom is 0.320 e. The molecule has 0 radical (unpaired) electrons. The number of likely N-dealkylation sites (tertiary alicyclic amines) is 1. The van der Waals surface area contributed by atoms with E-state index in [0.29, 0.717) is 18.2 Å². The molecule has 5 nitrogen and oxygen atoms in total. The van der Waals surface area contributed by atoms with E-state index in [4.69, 9.17) is 21.1 Å². The number of esters is 2. The number of methoxy groups -OCH3 is 1. The maximum absolute atomic E-state index is 12.2. The van der Waals surface area contributed by atoms with Crippen molar-refractivity contribution in [1.29, 1.82) is 0 Å². The summed E-state index contributed by atoms with van der Waals surface area (Å²) in [5, 5.41) is 0.670. The second kappa shape index (κ2) is 8.31. The Morgan fingerprint density at radius 3 is 2.61 bits per heavy atom. The minimum absolute atomic E-state index is 0.0677. The van der Waals surface area contributed by atoms with Gasteiger partial charge in [0.05, 0.1) is 26.2 Å². The lowest BCUT2D eigenvalue weighted by molar-refractivity contribution is -0.151.